The number of carbonyl (C=O) groups is 2. The van der Waals surface area contributed by atoms with E-state index in [9.17, 15) is 14.7 Å². The van der Waals surface area contributed by atoms with E-state index in [-0.39, 0.29) is 18.4 Å². The van der Waals surface area contributed by atoms with Gasteiger partial charge in [0.05, 0.1) is 36.2 Å². The van der Waals surface area contributed by atoms with Crippen LogP contribution in [0.2, 0.25) is 0 Å². The Kier molecular flexibility index (Phi) is 9.77. The number of aromatic nitrogens is 1. The van der Waals surface area contributed by atoms with Crippen molar-refractivity contribution in [1.29, 1.82) is 0 Å². The second-order valence-corrected chi connectivity index (χ2v) is 12.2. The van der Waals surface area contributed by atoms with Gasteiger partial charge in [-0.15, -0.1) is 18.3 Å². The molecular formula is C31H41N3O5S. The number of carboxylic acid groups (broad SMARTS) is 1. The fraction of sp³-hybridized carbons (Fsp3) is 0.548. The van der Waals surface area contributed by atoms with Crippen molar-refractivity contribution >= 4 is 39.6 Å². The van der Waals surface area contributed by atoms with Gasteiger partial charge in [0.15, 0.2) is 0 Å². The predicted molar refractivity (Wildman–Crippen MR) is 161 cm³/mol. The topological polar surface area (TPSA) is 101 Å². The third-order valence-electron chi connectivity index (χ3n) is 8.00. The first-order valence-electron chi connectivity index (χ1n) is 14.1. The Morgan fingerprint density at radius 3 is 2.62 bits per heavy atom. The summed E-state index contributed by atoms with van der Waals surface area (Å²) in [5.41, 5.74) is 2.41. The van der Waals surface area contributed by atoms with Gasteiger partial charge in [-0.3, -0.25) is 14.6 Å². The molecule has 2 aromatic rings. The summed E-state index contributed by atoms with van der Waals surface area (Å²) in [5.74, 6) is 0.209. The second-order valence-electron chi connectivity index (χ2n) is 11.2. The summed E-state index contributed by atoms with van der Waals surface area (Å²) in [7, 11) is 3.39. The molecule has 40 heavy (non-hydrogen) atoms. The molecule has 0 saturated heterocycles. The van der Waals surface area contributed by atoms with Crippen LogP contribution >= 0.6 is 11.8 Å². The molecule has 9 heteroatoms. The minimum Gasteiger partial charge on any atom is -0.496 e. The molecule has 2 heterocycles. The van der Waals surface area contributed by atoms with Gasteiger partial charge in [-0.25, -0.2) is 4.98 Å². The number of nitrogens with zero attached hydrogens (tertiary/aromatic N) is 3. The standard InChI is InChI=1S/C31H41N3O5S/c1-7-8-9-10-13-34(5)30(35)22-14-20(15-23(22)31(36)37)39-27-16-24(29-33-25(17-40-29)18(2)3)32-28-19(4)26(38-6)12-11-21(27)28/h7,11-12,16,18,20,22-23,25H,1,8-10,13-15,17H2,2-6H3,(H,36,37)/t20-,22+,23+,25?/m0/s1. The molecule has 0 spiro atoms. The predicted octanol–water partition coefficient (Wildman–Crippen LogP) is 5.74. The molecule has 216 valence electrons. The maximum atomic E-state index is 13.3. The quantitative estimate of drug-likeness (QED) is 0.258. The van der Waals surface area contributed by atoms with Crippen LogP contribution in [0.25, 0.3) is 10.9 Å². The van der Waals surface area contributed by atoms with Crippen molar-refractivity contribution < 1.29 is 24.2 Å². The van der Waals surface area contributed by atoms with Gasteiger partial charge in [-0.2, -0.15) is 0 Å². The Morgan fingerprint density at radius 2 is 1.98 bits per heavy atom. The molecule has 1 aliphatic carbocycles. The van der Waals surface area contributed by atoms with E-state index >= 15 is 0 Å². The van der Waals surface area contributed by atoms with Gasteiger partial charge in [0.1, 0.15) is 22.6 Å². The van der Waals surface area contributed by atoms with Crippen molar-refractivity contribution in [2.24, 2.45) is 22.7 Å². The molecule has 1 aromatic heterocycles. The zero-order valence-electron chi connectivity index (χ0n) is 24.2. The number of aliphatic imine (C=N–C) groups is 1. The van der Waals surface area contributed by atoms with Crippen LogP contribution < -0.4 is 9.47 Å². The summed E-state index contributed by atoms with van der Waals surface area (Å²) in [6.07, 6.45) is 4.78. The number of amides is 1. The molecule has 8 nitrogen and oxygen atoms in total. The van der Waals surface area contributed by atoms with Crippen molar-refractivity contribution in [3.05, 3.63) is 42.1 Å². The number of hydrogen-bond acceptors (Lipinski definition) is 7. The third kappa shape index (κ3) is 6.45. The summed E-state index contributed by atoms with van der Waals surface area (Å²) in [6.45, 7) is 10.6. The van der Waals surface area contributed by atoms with Crippen LogP contribution in [0.3, 0.4) is 0 Å². The molecule has 1 aromatic carbocycles. The summed E-state index contributed by atoms with van der Waals surface area (Å²) >= 11 is 1.70. The van der Waals surface area contributed by atoms with E-state index in [4.69, 9.17) is 19.5 Å². The number of carbonyl (C=O) groups excluding carboxylic acids is 1. The maximum absolute atomic E-state index is 13.3. The molecule has 4 atom stereocenters. The lowest BCUT2D eigenvalue weighted by molar-refractivity contribution is -0.148. The van der Waals surface area contributed by atoms with E-state index in [0.29, 0.717) is 24.6 Å². The highest BCUT2D eigenvalue weighted by atomic mass is 32.2. The molecule has 4 rings (SSSR count). The Balaban J connectivity index is 1.62. The Bertz CT molecular complexity index is 1290. The monoisotopic (exact) mass is 567 g/mol. The smallest absolute Gasteiger partial charge is 0.307 e. The van der Waals surface area contributed by atoms with Crippen molar-refractivity contribution in [1.82, 2.24) is 9.88 Å². The Labute approximate surface area is 241 Å². The molecule has 1 aliphatic heterocycles. The van der Waals surface area contributed by atoms with E-state index < -0.39 is 23.9 Å². The van der Waals surface area contributed by atoms with Crippen LogP contribution in [0, 0.1) is 24.7 Å². The number of allylic oxidation sites excluding steroid dienone is 1. The first-order valence-corrected chi connectivity index (χ1v) is 15.1. The van der Waals surface area contributed by atoms with E-state index in [2.05, 4.69) is 20.4 Å². The summed E-state index contributed by atoms with van der Waals surface area (Å²) in [6, 6.07) is 5.97. The van der Waals surface area contributed by atoms with Crippen molar-refractivity contribution in [3.63, 3.8) is 0 Å². The van der Waals surface area contributed by atoms with Crippen LogP contribution in [0.5, 0.6) is 11.5 Å². The summed E-state index contributed by atoms with van der Waals surface area (Å²) in [4.78, 5) is 37.1. The van der Waals surface area contributed by atoms with Gasteiger partial charge >= 0.3 is 5.97 Å². The summed E-state index contributed by atoms with van der Waals surface area (Å²) in [5, 5.41) is 11.7. The number of benzene rings is 1. The largest absolute Gasteiger partial charge is 0.496 e. The van der Waals surface area contributed by atoms with Crippen LogP contribution in [0.15, 0.2) is 35.8 Å². The first kappa shape index (κ1) is 29.9. The second kappa shape index (κ2) is 13.1. The van der Waals surface area contributed by atoms with E-state index in [1.807, 2.05) is 31.2 Å². The third-order valence-corrected chi connectivity index (χ3v) is 9.10. The maximum Gasteiger partial charge on any atom is 0.307 e. The average molecular weight is 568 g/mol. The number of hydrogen-bond donors (Lipinski definition) is 1. The lowest BCUT2D eigenvalue weighted by Crippen LogP contribution is -2.37. The molecule has 1 unspecified atom stereocenters. The number of thioether (sulfide) groups is 1. The minimum atomic E-state index is -0.957. The Hall–Kier alpha value is -3.07. The highest BCUT2D eigenvalue weighted by molar-refractivity contribution is 8.14. The lowest BCUT2D eigenvalue weighted by Gasteiger charge is -2.23. The zero-order chi connectivity index (χ0) is 29.0. The van der Waals surface area contributed by atoms with E-state index in [0.717, 1.165) is 58.0 Å². The molecular weight excluding hydrogens is 526 g/mol. The van der Waals surface area contributed by atoms with Gasteiger partial charge in [0.25, 0.3) is 0 Å². The van der Waals surface area contributed by atoms with Crippen LogP contribution in [0.4, 0.5) is 0 Å². The first-order chi connectivity index (χ1) is 19.1. The van der Waals surface area contributed by atoms with Gasteiger partial charge < -0.3 is 19.5 Å². The number of ether oxygens (including phenoxy) is 2. The van der Waals surface area contributed by atoms with Crippen LogP contribution in [0.1, 0.15) is 57.2 Å². The van der Waals surface area contributed by atoms with Gasteiger partial charge in [0.2, 0.25) is 5.91 Å². The number of fused-ring (bicyclic) bond motifs is 1. The van der Waals surface area contributed by atoms with Crippen LogP contribution in [-0.4, -0.2) is 70.5 Å². The van der Waals surface area contributed by atoms with Gasteiger partial charge in [-0.05, 0) is 57.1 Å². The zero-order valence-corrected chi connectivity index (χ0v) is 25.0. The summed E-state index contributed by atoms with van der Waals surface area (Å²) < 4.78 is 12.1. The number of aryl methyl sites for hydroxylation is 1. The van der Waals surface area contributed by atoms with Crippen molar-refractivity contribution in [3.8, 4) is 11.5 Å². The number of unbranched alkanes of at least 4 members (excludes halogenated alkanes) is 2. The average Bonchev–Trinajstić information content (AvgIpc) is 3.59. The Morgan fingerprint density at radius 1 is 1.23 bits per heavy atom. The molecule has 0 radical (unpaired) electrons. The van der Waals surface area contributed by atoms with E-state index in [1.54, 1.807) is 30.8 Å². The number of methoxy groups -OCH3 is 1. The minimum absolute atomic E-state index is 0.130. The molecule has 2 aliphatic rings. The van der Waals surface area contributed by atoms with E-state index in [1.165, 1.54) is 0 Å². The molecule has 1 amide bonds. The number of pyridine rings is 1. The van der Waals surface area contributed by atoms with Gasteiger partial charge in [0, 0.05) is 36.4 Å². The molecule has 1 N–H and O–H groups in total. The van der Waals surface area contributed by atoms with Crippen LogP contribution in [-0.2, 0) is 9.59 Å². The van der Waals surface area contributed by atoms with Crippen molar-refractivity contribution in [2.75, 3.05) is 26.5 Å². The molecule has 0 bridgehead atoms. The molecule has 1 fully saturated rings. The fourth-order valence-electron chi connectivity index (χ4n) is 5.52. The number of aliphatic carboxylic acids is 1. The number of carboxylic acids is 1. The number of rotatable bonds is 12. The molecule has 1 saturated carbocycles. The van der Waals surface area contributed by atoms with Crippen molar-refractivity contribution in [2.45, 2.75) is 65.0 Å². The van der Waals surface area contributed by atoms with Gasteiger partial charge in [-0.1, -0.05) is 19.9 Å². The lowest BCUT2D eigenvalue weighted by atomic mass is 9.95. The normalized spacial score (nSPS) is 22.4. The SMILES string of the molecule is C=CCCCCN(C)C(=O)[C@@H]1C[C@H](Oc2cc(C3=NC(C(C)C)CS3)nc3c(C)c(OC)ccc23)C[C@H]1C(=O)O. The highest BCUT2D eigenvalue weighted by Gasteiger charge is 2.45. The highest BCUT2D eigenvalue weighted by Crippen LogP contribution is 2.40. The fourth-order valence-corrected chi connectivity index (χ4v) is 6.77.